The molecule has 1 heterocycles. The summed E-state index contributed by atoms with van der Waals surface area (Å²) in [6, 6.07) is 18.8. The first-order chi connectivity index (χ1) is 14.6. The van der Waals surface area contributed by atoms with Crippen molar-refractivity contribution in [3.8, 4) is 21.9 Å². The third-order valence-corrected chi connectivity index (χ3v) is 5.29. The van der Waals surface area contributed by atoms with Crippen molar-refractivity contribution in [2.75, 3.05) is 25.6 Å². The molecule has 2 amide bonds. The van der Waals surface area contributed by atoms with E-state index in [0.29, 0.717) is 28.7 Å². The number of thiophene rings is 1. The van der Waals surface area contributed by atoms with Gasteiger partial charge in [0, 0.05) is 4.88 Å². The van der Waals surface area contributed by atoms with Crippen LogP contribution in [0.1, 0.15) is 16.6 Å². The molecule has 156 valence electrons. The molecule has 0 saturated carbocycles. The summed E-state index contributed by atoms with van der Waals surface area (Å²) in [5.74, 6) is 0.284. The number of hydrogen-bond donors (Lipinski definition) is 3. The maximum atomic E-state index is 12.6. The van der Waals surface area contributed by atoms with Crippen molar-refractivity contribution < 1.29 is 19.1 Å². The predicted molar refractivity (Wildman–Crippen MR) is 118 cm³/mol. The monoisotopic (exact) mass is 425 g/mol. The Kier molecular flexibility index (Phi) is 7.29. The number of amides is 2. The Morgan fingerprint density at radius 3 is 2.43 bits per heavy atom. The molecule has 0 spiro atoms. The van der Waals surface area contributed by atoms with Gasteiger partial charge in [-0.1, -0.05) is 42.5 Å². The number of anilines is 1. The van der Waals surface area contributed by atoms with Gasteiger partial charge in [-0.05, 0) is 30.7 Å². The zero-order valence-electron chi connectivity index (χ0n) is 16.7. The van der Waals surface area contributed by atoms with Gasteiger partial charge in [-0.3, -0.25) is 20.4 Å². The molecule has 3 N–H and O–H groups in total. The van der Waals surface area contributed by atoms with Gasteiger partial charge in [0.2, 0.25) is 0 Å². The minimum atomic E-state index is -0.434. The number of rotatable bonds is 8. The van der Waals surface area contributed by atoms with E-state index in [1.165, 1.54) is 11.3 Å². The third kappa shape index (κ3) is 5.30. The molecule has 8 heteroatoms. The first-order valence-corrected chi connectivity index (χ1v) is 10.2. The first-order valence-electron chi connectivity index (χ1n) is 9.40. The number of hydrazine groups is 1. The number of ether oxygens (including phenoxy) is 2. The van der Waals surface area contributed by atoms with Crippen molar-refractivity contribution in [1.29, 1.82) is 0 Å². The molecule has 30 heavy (non-hydrogen) atoms. The lowest BCUT2D eigenvalue weighted by molar-refractivity contribution is -0.120. The molecule has 0 radical (unpaired) electrons. The van der Waals surface area contributed by atoms with E-state index in [0.717, 1.165) is 10.4 Å². The third-order valence-electron chi connectivity index (χ3n) is 4.12. The van der Waals surface area contributed by atoms with Crippen LogP contribution in [0.15, 0.2) is 60.7 Å². The Hall–Kier alpha value is -3.52. The zero-order valence-corrected chi connectivity index (χ0v) is 17.5. The number of hydrogen-bond acceptors (Lipinski definition) is 6. The standard InChI is InChI=1S/C22H23N3O4S/c1-3-29-18-13-19(15-9-5-4-6-10-15)30-21(18)22(27)25-24-20(26)14-23-16-11-7-8-12-17(16)28-2/h4-13,23H,3,14H2,1-2H3,(H,24,26)(H,25,27). The smallest absolute Gasteiger partial charge is 0.283 e. The van der Waals surface area contributed by atoms with Gasteiger partial charge in [0.05, 0.1) is 25.9 Å². The van der Waals surface area contributed by atoms with E-state index in [4.69, 9.17) is 9.47 Å². The maximum absolute atomic E-state index is 12.6. The predicted octanol–water partition coefficient (Wildman–Crippen LogP) is 3.70. The lowest BCUT2D eigenvalue weighted by Gasteiger charge is -2.11. The Bertz CT molecular complexity index is 1000. The van der Waals surface area contributed by atoms with Crippen LogP contribution in [0.3, 0.4) is 0 Å². The Balaban J connectivity index is 1.61. The summed E-state index contributed by atoms with van der Waals surface area (Å²) in [6.07, 6.45) is 0. The minimum absolute atomic E-state index is 0.0291. The van der Waals surface area contributed by atoms with Crippen LogP contribution in [0.25, 0.3) is 10.4 Å². The largest absolute Gasteiger partial charge is 0.495 e. The lowest BCUT2D eigenvalue weighted by atomic mass is 10.2. The second-order valence-electron chi connectivity index (χ2n) is 6.16. The molecule has 3 rings (SSSR count). The molecule has 0 bridgehead atoms. The minimum Gasteiger partial charge on any atom is -0.495 e. The molecule has 3 aromatic rings. The number of nitrogens with one attached hydrogen (secondary N) is 3. The zero-order chi connectivity index (χ0) is 21.3. The highest BCUT2D eigenvalue weighted by Crippen LogP contribution is 2.36. The summed E-state index contributed by atoms with van der Waals surface area (Å²) >= 11 is 1.31. The van der Waals surface area contributed by atoms with Crippen molar-refractivity contribution in [3.63, 3.8) is 0 Å². The van der Waals surface area contributed by atoms with Crippen molar-refractivity contribution in [1.82, 2.24) is 10.9 Å². The quantitative estimate of drug-likeness (QED) is 0.479. The Labute approximate surface area is 179 Å². The molecule has 1 aromatic heterocycles. The van der Waals surface area contributed by atoms with Gasteiger partial charge in [0.1, 0.15) is 16.4 Å². The van der Waals surface area contributed by atoms with Crippen LogP contribution in [-0.4, -0.2) is 32.1 Å². The lowest BCUT2D eigenvalue weighted by Crippen LogP contribution is -2.44. The van der Waals surface area contributed by atoms with Gasteiger partial charge >= 0.3 is 0 Å². The fourth-order valence-electron chi connectivity index (χ4n) is 2.73. The van der Waals surface area contributed by atoms with E-state index in [1.807, 2.05) is 55.5 Å². The first kappa shape index (κ1) is 21.2. The molecule has 0 unspecified atom stereocenters. The van der Waals surface area contributed by atoms with Crippen LogP contribution in [0.2, 0.25) is 0 Å². The summed E-state index contributed by atoms with van der Waals surface area (Å²) in [7, 11) is 1.56. The van der Waals surface area contributed by atoms with Gasteiger partial charge in [0.25, 0.3) is 11.8 Å². The highest BCUT2D eigenvalue weighted by atomic mass is 32.1. The van der Waals surface area contributed by atoms with Gasteiger partial charge < -0.3 is 14.8 Å². The van der Waals surface area contributed by atoms with Crippen LogP contribution < -0.4 is 25.6 Å². The Morgan fingerprint density at radius 2 is 1.70 bits per heavy atom. The fraction of sp³-hybridized carbons (Fsp3) is 0.182. The molecule has 0 aliphatic rings. The average Bonchev–Trinajstić information content (AvgIpc) is 3.21. The van der Waals surface area contributed by atoms with E-state index in [1.54, 1.807) is 19.2 Å². The van der Waals surface area contributed by atoms with Gasteiger partial charge in [-0.15, -0.1) is 11.3 Å². The van der Waals surface area contributed by atoms with Crippen LogP contribution in [0.5, 0.6) is 11.5 Å². The highest BCUT2D eigenvalue weighted by molar-refractivity contribution is 7.17. The molecular weight excluding hydrogens is 402 g/mol. The van der Waals surface area contributed by atoms with Crippen molar-refractivity contribution in [3.05, 3.63) is 65.5 Å². The molecule has 2 aromatic carbocycles. The normalized spacial score (nSPS) is 10.2. The summed E-state index contributed by atoms with van der Waals surface area (Å²) in [6.45, 7) is 2.26. The van der Waals surface area contributed by atoms with E-state index in [-0.39, 0.29) is 6.54 Å². The summed E-state index contributed by atoms with van der Waals surface area (Å²) in [5.41, 5.74) is 6.54. The van der Waals surface area contributed by atoms with Crippen LogP contribution in [0, 0.1) is 0 Å². The number of carbonyl (C=O) groups excluding carboxylic acids is 2. The number of para-hydroxylation sites is 2. The summed E-state index contributed by atoms with van der Waals surface area (Å²) < 4.78 is 10.8. The molecule has 0 saturated heterocycles. The van der Waals surface area contributed by atoms with E-state index in [9.17, 15) is 9.59 Å². The van der Waals surface area contributed by atoms with Gasteiger partial charge in [-0.2, -0.15) is 0 Å². The highest BCUT2D eigenvalue weighted by Gasteiger charge is 2.19. The average molecular weight is 426 g/mol. The molecule has 0 aliphatic heterocycles. The number of benzene rings is 2. The molecule has 0 atom stereocenters. The molecule has 7 nitrogen and oxygen atoms in total. The SMILES string of the molecule is CCOc1cc(-c2ccccc2)sc1C(=O)NNC(=O)CNc1ccccc1OC. The van der Waals surface area contributed by atoms with Crippen molar-refractivity contribution >= 4 is 28.8 Å². The fourth-order valence-corrected chi connectivity index (χ4v) is 3.74. The topological polar surface area (TPSA) is 88.7 Å². The van der Waals surface area contributed by atoms with Crippen LogP contribution in [0.4, 0.5) is 5.69 Å². The van der Waals surface area contributed by atoms with E-state index in [2.05, 4.69) is 16.2 Å². The second kappa shape index (κ2) is 10.3. The molecule has 0 fully saturated rings. The van der Waals surface area contributed by atoms with Gasteiger partial charge in [0.15, 0.2) is 0 Å². The number of methoxy groups -OCH3 is 1. The van der Waals surface area contributed by atoms with Crippen molar-refractivity contribution in [2.45, 2.75) is 6.92 Å². The second-order valence-corrected chi connectivity index (χ2v) is 7.21. The Morgan fingerprint density at radius 1 is 0.967 bits per heavy atom. The van der Waals surface area contributed by atoms with Crippen LogP contribution >= 0.6 is 11.3 Å². The van der Waals surface area contributed by atoms with Gasteiger partial charge in [-0.25, -0.2) is 0 Å². The van der Waals surface area contributed by atoms with Crippen molar-refractivity contribution in [2.24, 2.45) is 0 Å². The number of carbonyl (C=O) groups is 2. The molecule has 0 aliphatic carbocycles. The van der Waals surface area contributed by atoms with E-state index >= 15 is 0 Å². The molecular formula is C22H23N3O4S. The van der Waals surface area contributed by atoms with Crippen LogP contribution in [-0.2, 0) is 4.79 Å². The summed E-state index contributed by atoms with van der Waals surface area (Å²) in [5, 5.41) is 2.97. The summed E-state index contributed by atoms with van der Waals surface area (Å²) in [4.78, 5) is 26.1. The van der Waals surface area contributed by atoms with E-state index < -0.39 is 11.8 Å². The maximum Gasteiger partial charge on any atom is 0.283 e.